The third-order valence-electron chi connectivity index (χ3n) is 8.89. The Morgan fingerprint density at radius 3 is 1.35 bits per heavy atom. The molecule has 0 aromatic carbocycles. The van der Waals surface area contributed by atoms with Crippen LogP contribution in [-0.4, -0.2) is 60.5 Å². The number of carbonyl (C=O) groups is 2. The normalized spacial score (nSPS) is 14.0. The predicted octanol–water partition coefficient (Wildman–Crippen LogP) is 10.4. The predicted molar refractivity (Wildman–Crippen MR) is 199 cm³/mol. The second kappa shape index (κ2) is 35.4. The van der Waals surface area contributed by atoms with Crippen LogP contribution in [0.25, 0.3) is 0 Å². The van der Waals surface area contributed by atoms with Gasteiger partial charge in [0, 0.05) is 13.0 Å². The Morgan fingerprint density at radius 2 is 0.939 bits per heavy atom. The van der Waals surface area contributed by atoms with Crippen molar-refractivity contribution in [1.82, 2.24) is 0 Å². The zero-order chi connectivity index (χ0) is 36.3. The Hall–Kier alpha value is -1.03. The maximum absolute atomic E-state index is 12.6. The molecular formula is C38H76NO9P. The van der Waals surface area contributed by atoms with Crippen molar-refractivity contribution in [3.63, 3.8) is 0 Å². The van der Waals surface area contributed by atoms with E-state index in [-0.39, 0.29) is 13.0 Å². The van der Waals surface area contributed by atoms with E-state index in [1.807, 2.05) is 0 Å². The van der Waals surface area contributed by atoms with Crippen LogP contribution in [0.4, 0.5) is 0 Å². The van der Waals surface area contributed by atoms with Crippen molar-refractivity contribution in [2.24, 2.45) is 5.73 Å². The summed E-state index contributed by atoms with van der Waals surface area (Å²) in [4.78, 5) is 33.4. The summed E-state index contributed by atoms with van der Waals surface area (Å²) in [5.41, 5.74) is 5.33. The molecular weight excluding hydrogens is 645 g/mol. The monoisotopic (exact) mass is 722 g/mol. The first kappa shape index (κ1) is 48.0. The van der Waals surface area contributed by atoms with E-state index in [9.17, 15) is 19.0 Å². The number of esters is 1. The number of phosphoric ester groups is 1. The summed E-state index contributed by atoms with van der Waals surface area (Å²) in [7, 11) is -4.60. The van der Waals surface area contributed by atoms with E-state index < -0.39 is 45.1 Å². The lowest BCUT2D eigenvalue weighted by Gasteiger charge is -2.20. The van der Waals surface area contributed by atoms with E-state index >= 15 is 0 Å². The highest BCUT2D eigenvalue weighted by atomic mass is 31.2. The first-order chi connectivity index (χ1) is 23.7. The topological polar surface area (TPSA) is 155 Å². The zero-order valence-electron chi connectivity index (χ0n) is 31.6. The fraction of sp³-hybridized carbons (Fsp3) is 0.947. The van der Waals surface area contributed by atoms with Crippen molar-refractivity contribution in [2.45, 2.75) is 206 Å². The molecule has 0 radical (unpaired) electrons. The van der Waals surface area contributed by atoms with Crippen LogP contribution in [0.3, 0.4) is 0 Å². The maximum atomic E-state index is 12.6. The molecule has 10 nitrogen and oxygen atoms in total. The molecule has 49 heavy (non-hydrogen) atoms. The van der Waals surface area contributed by atoms with E-state index in [4.69, 9.17) is 29.4 Å². The molecule has 0 spiro atoms. The van der Waals surface area contributed by atoms with Crippen molar-refractivity contribution in [2.75, 3.05) is 26.4 Å². The fourth-order valence-electron chi connectivity index (χ4n) is 5.72. The van der Waals surface area contributed by atoms with E-state index in [0.29, 0.717) is 6.61 Å². The van der Waals surface area contributed by atoms with Gasteiger partial charge in [-0.1, -0.05) is 174 Å². The summed E-state index contributed by atoms with van der Waals surface area (Å²) in [5, 5.41) is 8.86. The molecule has 0 bridgehead atoms. The van der Waals surface area contributed by atoms with Gasteiger partial charge in [-0.15, -0.1) is 0 Å². The Bertz CT molecular complexity index is 801. The fourth-order valence-corrected chi connectivity index (χ4v) is 6.50. The zero-order valence-corrected chi connectivity index (χ0v) is 32.5. The van der Waals surface area contributed by atoms with Crippen LogP contribution < -0.4 is 5.73 Å². The number of hydrogen-bond donors (Lipinski definition) is 3. The van der Waals surface area contributed by atoms with Crippen molar-refractivity contribution in [3.05, 3.63) is 0 Å². The van der Waals surface area contributed by atoms with Gasteiger partial charge in [-0.3, -0.25) is 18.6 Å². The SMILES string of the molecule is CCCCCCCCCCCCCCCCCCCCC(=O)OC(COCCCCCCCCCCC)COP(=O)(O)OCC(N)C(=O)O. The minimum Gasteiger partial charge on any atom is -0.480 e. The molecule has 0 rings (SSSR count). The standard InChI is InChI=1S/C38H76NO9P/c1-3-5-7-9-11-13-14-15-16-17-18-19-20-21-22-24-26-28-30-37(40)48-35(33-46-49(43,44)47-34-36(39)38(41)42)32-45-31-29-27-25-23-12-10-8-6-4-2/h35-36H,3-34,39H2,1-2H3,(H,41,42)(H,43,44). The van der Waals surface area contributed by atoms with Crippen LogP contribution in [-0.2, 0) is 32.7 Å². The van der Waals surface area contributed by atoms with Gasteiger partial charge in [-0.25, -0.2) is 4.57 Å². The van der Waals surface area contributed by atoms with Crippen molar-refractivity contribution in [1.29, 1.82) is 0 Å². The number of rotatable bonds is 39. The molecule has 4 N–H and O–H groups in total. The number of carboxylic acids is 1. The van der Waals surface area contributed by atoms with Gasteiger partial charge in [0.25, 0.3) is 0 Å². The van der Waals surface area contributed by atoms with Crippen LogP contribution in [0.5, 0.6) is 0 Å². The number of nitrogens with two attached hydrogens (primary N) is 1. The quantitative estimate of drug-likeness (QED) is 0.0317. The third-order valence-corrected chi connectivity index (χ3v) is 9.84. The summed E-state index contributed by atoms with van der Waals surface area (Å²) >= 11 is 0. The second-order valence-corrected chi connectivity index (χ2v) is 15.2. The number of hydrogen-bond acceptors (Lipinski definition) is 8. The van der Waals surface area contributed by atoms with Crippen molar-refractivity contribution < 1.29 is 42.7 Å². The van der Waals surface area contributed by atoms with Gasteiger partial charge < -0.3 is 25.2 Å². The Labute approximate surface area is 299 Å². The number of aliphatic carboxylic acids is 1. The second-order valence-electron chi connectivity index (χ2n) is 13.8. The van der Waals surface area contributed by atoms with E-state index in [1.165, 1.54) is 135 Å². The molecule has 0 fully saturated rings. The molecule has 11 heteroatoms. The van der Waals surface area contributed by atoms with Crippen molar-refractivity contribution in [3.8, 4) is 0 Å². The molecule has 0 aliphatic heterocycles. The number of phosphoric acid groups is 1. The number of unbranched alkanes of at least 4 members (excludes halogenated alkanes) is 25. The number of ether oxygens (including phenoxy) is 2. The largest absolute Gasteiger partial charge is 0.480 e. The summed E-state index contributed by atoms with van der Waals surface area (Å²) in [6.07, 6.45) is 33.0. The van der Waals surface area contributed by atoms with Crippen LogP contribution >= 0.6 is 7.82 Å². The summed E-state index contributed by atoms with van der Waals surface area (Å²) < 4.78 is 33.2. The average molecular weight is 722 g/mol. The number of carboxylic acid groups (broad SMARTS) is 1. The average Bonchev–Trinajstić information content (AvgIpc) is 3.07. The Balaban J connectivity index is 4.16. The van der Waals surface area contributed by atoms with E-state index in [1.54, 1.807) is 0 Å². The number of carbonyl (C=O) groups excluding carboxylic acids is 1. The summed E-state index contributed by atoms with van der Waals surface area (Å²) in [6, 6.07) is -1.47. The van der Waals surface area contributed by atoms with Crippen LogP contribution in [0.2, 0.25) is 0 Å². The van der Waals surface area contributed by atoms with Gasteiger partial charge in [-0.2, -0.15) is 0 Å². The highest BCUT2D eigenvalue weighted by Crippen LogP contribution is 2.43. The highest BCUT2D eigenvalue weighted by Gasteiger charge is 2.27. The molecule has 3 atom stereocenters. The molecule has 0 aliphatic carbocycles. The lowest BCUT2D eigenvalue weighted by atomic mass is 10.0. The molecule has 0 saturated carbocycles. The molecule has 3 unspecified atom stereocenters. The van der Waals surface area contributed by atoms with E-state index in [0.717, 1.165) is 38.5 Å². The lowest BCUT2D eigenvalue weighted by Crippen LogP contribution is -2.34. The van der Waals surface area contributed by atoms with Gasteiger partial charge >= 0.3 is 19.8 Å². The molecule has 0 aliphatic rings. The highest BCUT2D eigenvalue weighted by molar-refractivity contribution is 7.47. The smallest absolute Gasteiger partial charge is 0.472 e. The van der Waals surface area contributed by atoms with Gasteiger partial charge in [-0.05, 0) is 12.8 Å². The lowest BCUT2D eigenvalue weighted by molar-refractivity contribution is -0.154. The van der Waals surface area contributed by atoms with Gasteiger partial charge in [0.2, 0.25) is 0 Å². The maximum Gasteiger partial charge on any atom is 0.472 e. The Kier molecular flexibility index (Phi) is 34.6. The first-order valence-corrected chi connectivity index (χ1v) is 21.6. The molecule has 0 aromatic rings. The van der Waals surface area contributed by atoms with Gasteiger partial charge in [0.05, 0.1) is 19.8 Å². The minimum absolute atomic E-state index is 0.0243. The van der Waals surface area contributed by atoms with Gasteiger partial charge in [0.15, 0.2) is 0 Å². The van der Waals surface area contributed by atoms with E-state index in [2.05, 4.69) is 13.8 Å². The molecule has 0 heterocycles. The third kappa shape index (κ3) is 35.2. The first-order valence-electron chi connectivity index (χ1n) is 20.1. The minimum atomic E-state index is -4.60. The van der Waals surface area contributed by atoms with Crippen molar-refractivity contribution >= 4 is 19.8 Å². The molecule has 0 saturated heterocycles. The van der Waals surface area contributed by atoms with Crippen LogP contribution in [0.1, 0.15) is 194 Å². The molecule has 292 valence electrons. The van der Waals surface area contributed by atoms with Gasteiger partial charge in [0.1, 0.15) is 12.1 Å². The Morgan fingerprint density at radius 1 is 0.571 bits per heavy atom. The molecule has 0 aromatic heterocycles. The summed E-state index contributed by atoms with van der Waals surface area (Å²) in [6.45, 7) is 3.89. The summed E-state index contributed by atoms with van der Waals surface area (Å²) in [5.74, 6) is -1.77. The molecule has 0 amide bonds. The van der Waals surface area contributed by atoms with Crippen LogP contribution in [0, 0.1) is 0 Å². The van der Waals surface area contributed by atoms with Crippen LogP contribution in [0.15, 0.2) is 0 Å².